The van der Waals surface area contributed by atoms with Gasteiger partial charge in [0.2, 0.25) is 10.0 Å². The second-order valence-corrected chi connectivity index (χ2v) is 14.2. The molecule has 0 bridgehead atoms. The van der Waals surface area contributed by atoms with Gasteiger partial charge in [-0.1, -0.05) is 12.1 Å². The number of rotatable bonds is 5. The Morgan fingerprint density at radius 1 is 0.949 bits per heavy atom. The number of amides is 1. The van der Waals surface area contributed by atoms with E-state index in [0.717, 1.165) is 48.8 Å². The van der Waals surface area contributed by atoms with Gasteiger partial charge in [0, 0.05) is 60.9 Å². The minimum atomic E-state index is -3.42. The number of carbonyl (C=O) groups is 1. The van der Waals surface area contributed by atoms with Crippen molar-refractivity contribution < 1.29 is 22.0 Å². The van der Waals surface area contributed by atoms with Crippen molar-refractivity contribution in [2.75, 3.05) is 35.5 Å². The lowest BCUT2D eigenvalue weighted by Gasteiger charge is -2.38. The van der Waals surface area contributed by atoms with Crippen LogP contribution in [0.2, 0.25) is 0 Å². The van der Waals surface area contributed by atoms with Crippen LogP contribution in [0.5, 0.6) is 0 Å². The highest BCUT2D eigenvalue weighted by Gasteiger charge is 2.53. The fourth-order valence-corrected chi connectivity index (χ4v) is 7.58. The molecule has 4 aliphatic rings. The van der Waals surface area contributed by atoms with Gasteiger partial charge >= 0.3 is 0 Å². The van der Waals surface area contributed by atoms with Crippen molar-refractivity contribution in [3.05, 3.63) is 59.2 Å². The van der Waals surface area contributed by atoms with E-state index in [1.165, 1.54) is 12.8 Å². The Balaban J connectivity index is 1.28. The molecular weight excluding hydrogens is 520 g/mol. The van der Waals surface area contributed by atoms with Crippen LogP contribution in [0, 0.1) is 5.41 Å². The van der Waals surface area contributed by atoms with Crippen LogP contribution in [0.3, 0.4) is 0 Å². The van der Waals surface area contributed by atoms with Gasteiger partial charge in [-0.25, -0.2) is 17.2 Å². The molecule has 2 aliphatic heterocycles. The molecule has 0 aromatic heterocycles. The zero-order chi connectivity index (χ0) is 27.6. The van der Waals surface area contributed by atoms with E-state index in [1.54, 1.807) is 6.07 Å². The summed E-state index contributed by atoms with van der Waals surface area (Å²) in [6, 6.07) is 13.0. The number of benzene rings is 2. The first-order chi connectivity index (χ1) is 18.4. The van der Waals surface area contributed by atoms with E-state index in [4.69, 9.17) is 0 Å². The van der Waals surface area contributed by atoms with Gasteiger partial charge in [-0.05, 0) is 92.3 Å². The average molecular weight is 558 g/mol. The molecule has 6 nitrogen and oxygen atoms in total. The lowest BCUT2D eigenvalue weighted by atomic mass is 9.66. The molecule has 2 saturated carbocycles. The van der Waals surface area contributed by atoms with Crippen LogP contribution in [-0.2, 0) is 15.4 Å². The number of likely N-dealkylation sites (tertiary alicyclic amines) is 1. The maximum Gasteiger partial charge on any atom is 0.258 e. The van der Waals surface area contributed by atoms with Crippen molar-refractivity contribution in [3.8, 4) is 0 Å². The highest BCUT2D eigenvalue weighted by molar-refractivity contribution is 7.92. The van der Waals surface area contributed by atoms with Gasteiger partial charge in [0.1, 0.15) is 0 Å². The van der Waals surface area contributed by atoms with Gasteiger partial charge in [0.15, 0.2) is 0 Å². The van der Waals surface area contributed by atoms with Crippen LogP contribution >= 0.6 is 0 Å². The minimum Gasteiger partial charge on any atom is -0.307 e. The molecule has 0 unspecified atom stereocenters. The Labute approximate surface area is 229 Å². The summed E-state index contributed by atoms with van der Waals surface area (Å²) in [5.74, 6) is -2.68. The Morgan fingerprint density at radius 2 is 1.62 bits per heavy atom. The quantitative estimate of drug-likeness (QED) is 0.482. The summed E-state index contributed by atoms with van der Waals surface area (Å²) in [5.41, 5.74) is 4.26. The van der Waals surface area contributed by atoms with Crippen LogP contribution in [-0.4, -0.2) is 51.0 Å². The molecule has 6 rings (SSSR count). The first-order valence-electron chi connectivity index (χ1n) is 14.0. The van der Waals surface area contributed by atoms with Crippen LogP contribution in [0.25, 0.3) is 0 Å². The molecule has 2 aliphatic carbocycles. The summed E-state index contributed by atoms with van der Waals surface area (Å²) in [4.78, 5) is 18.0. The van der Waals surface area contributed by atoms with Crippen molar-refractivity contribution in [2.45, 2.75) is 75.7 Å². The van der Waals surface area contributed by atoms with Crippen LogP contribution in [0.4, 0.5) is 20.2 Å². The molecule has 9 heteroatoms. The Bertz CT molecular complexity index is 1390. The Kier molecular flexibility index (Phi) is 6.34. The third-order valence-electron chi connectivity index (χ3n) is 9.79. The molecule has 210 valence electrons. The molecule has 1 atom stereocenters. The number of halogens is 2. The van der Waals surface area contributed by atoms with Crippen molar-refractivity contribution >= 4 is 27.3 Å². The molecule has 2 aromatic rings. The largest absolute Gasteiger partial charge is 0.307 e. The summed E-state index contributed by atoms with van der Waals surface area (Å²) in [5, 5.41) is 0. The van der Waals surface area contributed by atoms with E-state index >= 15 is 0 Å². The zero-order valence-electron chi connectivity index (χ0n) is 22.7. The summed E-state index contributed by atoms with van der Waals surface area (Å²) < 4.78 is 53.9. The zero-order valence-corrected chi connectivity index (χ0v) is 23.5. The van der Waals surface area contributed by atoms with Crippen molar-refractivity contribution in [1.29, 1.82) is 0 Å². The first kappa shape index (κ1) is 26.7. The summed E-state index contributed by atoms with van der Waals surface area (Å²) in [6.07, 6.45) is 7.69. The van der Waals surface area contributed by atoms with Gasteiger partial charge in [-0.2, -0.15) is 0 Å². The van der Waals surface area contributed by atoms with E-state index in [1.807, 2.05) is 48.2 Å². The number of fused-ring (bicyclic) bond motifs is 2. The lowest BCUT2D eigenvalue weighted by Crippen LogP contribution is -2.41. The van der Waals surface area contributed by atoms with Gasteiger partial charge in [0.25, 0.3) is 11.8 Å². The van der Waals surface area contributed by atoms with E-state index in [2.05, 4.69) is 9.62 Å². The molecule has 1 saturated heterocycles. The number of hydrogen-bond acceptors (Lipinski definition) is 4. The van der Waals surface area contributed by atoms with Crippen LogP contribution < -0.4 is 9.62 Å². The molecule has 1 N–H and O–H groups in total. The highest BCUT2D eigenvalue weighted by Crippen LogP contribution is 2.62. The maximum atomic E-state index is 14.0. The standard InChI is InChI=1S/C30H37F2N3O3S/c1-21(34-16-14-30(31,32)15-17-34)22-4-3-5-23(18-22)27(36)35-20-29(12-10-28(8-9-28)11-13-29)25-19-24(6-7-26(25)35)33-39(2,37)38/h3-7,18-19,21,33H,8-17,20H2,1-2H3/t21-/m1/s1. The van der Waals surface area contributed by atoms with E-state index in [9.17, 15) is 22.0 Å². The third kappa shape index (κ3) is 5.20. The monoisotopic (exact) mass is 557 g/mol. The number of hydrogen-bond donors (Lipinski definition) is 1. The molecule has 2 spiro atoms. The third-order valence-corrected chi connectivity index (χ3v) is 10.4. The van der Waals surface area contributed by atoms with Crippen LogP contribution in [0.15, 0.2) is 42.5 Å². The number of carbonyl (C=O) groups excluding carboxylic acids is 1. The predicted molar refractivity (Wildman–Crippen MR) is 149 cm³/mol. The molecular formula is C30H37F2N3O3S. The average Bonchev–Trinajstić information content (AvgIpc) is 3.59. The normalized spacial score (nSPS) is 23.9. The van der Waals surface area contributed by atoms with Gasteiger partial charge in [-0.15, -0.1) is 0 Å². The van der Waals surface area contributed by atoms with Crippen LogP contribution in [0.1, 0.15) is 85.8 Å². The van der Waals surface area contributed by atoms with E-state index in [0.29, 0.717) is 36.3 Å². The SMILES string of the molecule is C[C@H](c1cccc(C(=O)N2CC3(CCC4(CC4)CC3)c3cc(NS(C)(=O)=O)ccc32)c1)N1CCC(F)(F)CC1. The van der Waals surface area contributed by atoms with Gasteiger partial charge in [-0.3, -0.25) is 14.4 Å². The molecule has 1 amide bonds. The molecule has 39 heavy (non-hydrogen) atoms. The fraction of sp³-hybridized carbons (Fsp3) is 0.567. The predicted octanol–water partition coefficient (Wildman–Crippen LogP) is 6.10. The number of nitrogens with one attached hydrogen (secondary N) is 1. The van der Waals surface area contributed by atoms with Gasteiger partial charge in [0.05, 0.1) is 6.26 Å². The maximum absolute atomic E-state index is 14.0. The van der Waals surface area contributed by atoms with Gasteiger partial charge < -0.3 is 4.90 Å². The number of sulfonamides is 1. The Morgan fingerprint density at radius 3 is 2.26 bits per heavy atom. The summed E-state index contributed by atoms with van der Waals surface area (Å²) in [6.45, 7) is 3.26. The second-order valence-electron chi connectivity index (χ2n) is 12.5. The van der Waals surface area contributed by atoms with Crippen molar-refractivity contribution in [2.24, 2.45) is 5.41 Å². The molecule has 2 aromatic carbocycles. The van der Waals surface area contributed by atoms with Crippen molar-refractivity contribution in [3.63, 3.8) is 0 Å². The minimum absolute atomic E-state index is 0.0660. The Hall–Kier alpha value is -2.52. The lowest BCUT2D eigenvalue weighted by molar-refractivity contribution is -0.0620. The highest BCUT2D eigenvalue weighted by atomic mass is 32.2. The number of nitrogens with zero attached hydrogens (tertiary/aromatic N) is 2. The van der Waals surface area contributed by atoms with Crippen molar-refractivity contribution in [1.82, 2.24) is 4.90 Å². The molecule has 3 fully saturated rings. The van der Waals surface area contributed by atoms with E-state index < -0.39 is 15.9 Å². The smallest absolute Gasteiger partial charge is 0.258 e. The fourth-order valence-electron chi connectivity index (χ4n) is 7.03. The summed E-state index contributed by atoms with van der Waals surface area (Å²) >= 11 is 0. The number of anilines is 2. The second kappa shape index (κ2) is 9.26. The first-order valence-corrected chi connectivity index (χ1v) is 15.9. The number of alkyl halides is 2. The summed E-state index contributed by atoms with van der Waals surface area (Å²) in [7, 11) is -3.42. The molecule has 0 radical (unpaired) electrons. The number of piperidine rings is 1. The van der Waals surface area contributed by atoms with E-state index in [-0.39, 0.29) is 30.2 Å². The topological polar surface area (TPSA) is 69.7 Å². The molecule has 2 heterocycles.